The van der Waals surface area contributed by atoms with Gasteiger partial charge < -0.3 is 10.6 Å². The fourth-order valence-corrected chi connectivity index (χ4v) is 3.53. The summed E-state index contributed by atoms with van der Waals surface area (Å²) in [5.74, 6) is 1.22. The van der Waals surface area contributed by atoms with Crippen LogP contribution in [0.1, 0.15) is 19.4 Å². The predicted molar refractivity (Wildman–Crippen MR) is 77.9 cm³/mol. The maximum atomic E-state index is 5.70. The number of nitrogens with two attached hydrogens (primary N) is 1. The van der Waals surface area contributed by atoms with Gasteiger partial charge in [0.25, 0.3) is 0 Å². The van der Waals surface area contributed by atoms with Crippen molar-refractivity contribution in [3.05, 3.63) is 29.8 Å². The van der Waals surface area contributed by atoms with Crippen molar-refractivity contribution < 1.29 is 0 Å². The largest absolute Gasteiger partial charge is 0.367 e. The fraction of sp³-hybridized carbons (Fsp3) is 0.571. The molecule has 94 valence electrons. The number of anilines is 1. The first-order valence-corrected chi connectivity index (χ1v) is 7.45. The average molecular weight is 250 g/mol. The predicted octanol–water partition coefficient (Wildman–Crippen LogP) is 2.52. The number of thioether (sulfide) groups is 1. The number of hydrogen-bond donors (Lipinski definition) is 1. The second-order valence-electron chi connectivity index (χ2n) is 4.68. The Morgan fingerprint density at radius 1 is 1.35 bits per heavy atom. The molecule has 17 heavy (non-hydrogen) atoms. The third-order valence-electron chi connectivity index (χ3n) is 3.60. The molecule has 1 aliphatic heterocycles. The van der Waals surface area contributed by atoms with Gasteiger partial charge in [0, 0.05) is 29.3 Å². The summed E-state index contributed by atoms with van der Waals surface area (Å²) in [4.78, 5) is 2.55. The van der Waals surface area contributed by atoms with E-state index in [9.17, 15) is 0 Å². The Labute approximate surface area is 109 Å². The maximum Gasteiger partial charge on any atom is 0.0402 e. The van der Waals surface area contributed by atoms with E-state index < -0.39 is 0 Å². The van der Waals surface area contributed by atoms with Gasteiger partial charge in [-0.25, -0.2) is 0 Å². The van der Waals surface area contributed by atoms with Crippen LogP contribution in [0.25, 0.3) is 0 Å². The minimum absolute atomic E-state index is 0.604. The van der Waals surface area contributed by atoms with E-state index in [1.165, 1.54) is 17.0 Å². The van der Waals surface area contributed by atoms with Gasteiger partial charge in [0.05, 0.1) is 0 Å². The zero-order valence-corrected chi connectivity index (χ0v) is 11.5. The van der Waals surface area contributed by atoms with E-state index in [-0.39, 0.29) is 0 Å². The van der Waals surface area contributed by atoms with Gasteiger partial charge in [0.2, 0.25) is 0 Å². The Morgan fingerprint density at radius 2 is 2.12 bits per heavy atom. The summed E-state index contributed by atoms with van der Waals surface area (Å²) in [6.07, 6.45) is 0.973. The first-order valence-electron chi connectivity index (χ1n) is 6.40. The Kier molecular flexibility index (Phi) is 4.35. The van der Waals surface area contributed by atoms with Gasteiger partial charge in [-0.1, -0.05) is 25.1 Å². The van der Waals surface area contributed by atoms with Crippen molar-refractivity contribution in [3.63, 3.8) is 0 Å². The molecule has 0 aliphatic carbocycles. The van der Waals surface area contributed by atoms with Crippen molar-refractivity contribution >= 4 is 17.4 Å². The van der Waals surface area contributed by atoms with Crippen LogP contribution >= 0.6 is 11.8 Å². The number of rotatable bonds is 3. The van der Waals surface area contributed by atoms with Crippen LogP contribution in [0.15, 0.2) is 24.3 Å². The lowest BCUT2D eigenvalue weighted by molar-refractivity contribution is 0.624. The third kappa shape index (κ3) is 2.78. The van der Waals surface area contributed by atoms with E-state index in [1.54, 1.807) is 0 Å². The molecule has 1 aliphatic rings. The van der Waals surface area contributed by atoms with Crippen molar-refractivity contribution in [2.75, 3.05) is 23.7 Å². The molecular formula is C14H22N2S. The Hall–Kier alpha value is -0.670. The summed E-state index contributed by atoms with van der Waals surface area (Å²) in [6, 6.07) is 9.30. The molecule has 2 unspecified atom stereocenters. The van der Waals surface area contributed by atoms with E-state index in [4.69, 9.17) is 5.73 Å². The standard InChI is InChI=1S/C14H22N2S/c1-11-12(2)17-10-9-16(11)14-6-4-3-5-13(14)7-8-15/h3-6,11-12H,7-10,15H2,1-2H3. The molecule has 3 heteroatoms. The molecule has 0 bridgehead atoms. The number of benzene rings is 1. The van der Waals surface area contributed by atoms with Crippen LogP contribution in [0.4, 0.5) is 5.69 Å². The van der Waals surface area contributed by atoms with Crippen LogP contribution in [0.2, 0.25) is 0 Å². The zero-order valence-electron chi connectivity index (χ0n) is 10.7. The fourth-order valence-electron chi connectivity index (χ4n) is 2.43. The van der Waals surface area contributed by atoms with Crippen LogP contribution < -0.4 is 10.6 Å². The lowest BCUT2D eigenvalue weighted by Gasteiger charge is -2.40. The molecule has 2 rings (SSSR count). The summed E-state index contributed by atoms with van der Waals surface area (Å²) < 4.78 is 0. The van der Waals surface area contributed by atoms with E-state index >= 15 is 0 Å². The minimum Gasteiger partial charge on any atom is -0.367 e. The molecule has 2 atom stereocenters. The molecule has 1 heterocycles. The van der Waals surface area contributed by atoms with Gasteiger partial charge in [0.1, 0.15) is 0 Å². The summed E-state index contributed by atoms with van der Waals surface area (Å²) >= 11 is 2.08. The normalized spacial score (nSPS) is 25.0. The molecule has 1 aromatic rings. The highest BCUT2D eigenvalue weighted by Gasteiger charge is 2.26. The van der Waals surface area contributed by atoms with E-state index in [0.717, 1.165) is 19.5 Å². The quantitative estimate of drug-likeness (QED) is 0.894. The van der Waals surface area contributed by atoms with E-state index in [1.807, 2.05) is 0 Å². The van der Waals surface area contributed by atoms with Gasteiger partial charge in [-0.05, 0) is 31.5 Å². The monoisotopic (exact) mass is 250 g/mol. The van der Waals surface area contributed by atoms with Crippen molar-refractivity contribution in [1.82, 2.24) is 0 Å². The zero-order chi connectivity index (χ0) is 12.3. The minimum atomic E-state index is 0.604. The van der Waals surface area contributed by atoms with Crippen molar-refractivity contribution in [2.24, 2.45) is 5.73 Å². The molecule has 0 saturated carbocycles. The number of nitrogens with zero attached hydrogens (tertiary/aromatic N) is 1. The van der Waals surface area contributed by atoms with Crippen molar-refractivity contribution in [3.8, 4) is 0 Å². The summed E-state index contributed by atoms with van der Waals surface area (Å²) in [5, 5.41) is 0.703. The van der Waals surface area contributed by atoms with Gasteiger partial charge in [0.15, 0.2) is 0 Å². The third-order valence-corrected chi connectivity index (χ3v) is 4.94. The van der Waals surface area contributed by atoms with E-state index in [0.29, 0.717) is 11.3 Å². The summed E-state index contributed by atoms with van der Waals surface area (Å²) in [6.45, 7) is 6.53. The van der Waals surface area contributed by atoms with E-state index in [2.05, 4.69) is 54.8 Å². The second kappa shape index (κ2) is 5.78. The summed E-state index contributed by atoms with van der Waals surface area (Å²) in [7, 11) is 0. The highest BCUT2D eigenvalue weighted by atomic mass is 32.2. The Morgan fingerprint density at radius 3 is 2.88 bits per heavy atom. The lowest BCUT2D eigenvalue weighted by Crippen LogP contribution is -2.45. The SMILES string of the molecule is CC1SCCN(c2ccccc2CCN)C1C. The first-order chi connectivity index (χ1) is 8.24. The van der Waals surface area contributed by atoms with Crippen molar-refractivity contribution in [1.29, 1.82) is 0 Å². The molecule has 1 fully saturated rings. The van der Waals surface area contributed by atoms with Gasteiger partial charge in [-0.2, -0.15) is 11.8 Å². The second-order valence-corrected chi connectivity index (χ2v) is 6.16. The highest BCUT2D eigenvalue weighted by molar-refractivity contribution is 8.00. The molecular weight excluding hydrogens is 228 g/mol. The molecule has 0 aromatic heterocycles. The molecule has 0 radical (unpaired) electrons. The highest BCUT2D eigenvalue weighted by Crippen LogP contribution is 2.31. The Balaban J connectivity index is 2.25. The lowest BCUT2D eigenvalue weighted by atomic mass is 10.1. The first kappa shape index (κ1) is 12.8. The molecule has 0 amide bonds. The molecule has 2 nitrogen and oxygen atoms in total. The van der Waals surface area contributed by atoms with Crippen LogP contribution in [-0.4, -0.2) is 30.1 Å². The average Bonchev–Trinajstić information content (AvgIpc) is 2.34. The summed E-state index contributed by atoms with van der Waals surface area (Å²) in [5.41, 5.74) is 8.47. The van der Waals surface area contributed by atoms with Crippen molar-refractivity contribution in [2.45, 2.75) is 31.6 Å². The Bertz CT molecular complexity index is 367. The van der Waals surface area contributed by atoms with Gasteiger partial charge in [-0.3, -0.25) is 0 Å². The topological polar surface area (TPSA) is 29.3 Å². The number of para-hydroxylation sites is 1. The molecule has 2 N–H and O–H groups in total. The maximum absolute atomic E-state index is 5.70. The molecule has 1 aromatic carbocycles. The van der Waals surface area contributed by atoms with Gasteiger partial charge >= 0.3 is 0 Å². The molecule has 0 spiro atoms. The van der Waals surface area contributed by atoms with Crippen LogP contribution in [0.5, 0.6) is 0 Å². The van der Waals surface area contributed by atoms with Crippen LogP contribution in [0, 0.1) is 0 Å². The van der Waals surface area contributed by atoms with Crippen LogP contribution in [-0.2, 0) is 6.42 Å². The van der Waals surface area contributed by atoms with Gasteiger partial charge in [-0.15, -0.1) is 0 Å². The smallest absolute Gasteiger partial charge is 0.0402 e. The number of hydrogen-bond acceptors (Lipinski definition) is 3. The molecule has 1 saturated heterocycles. The van der Waals surface area contributed by atoms with Crippen LogP contribution in [0.3, 0.4) is 0 Å².